The minimum Gasteiger partial charge on any atom is -0.444 e. The van der Waals surface area contributed by atoms with Crippen LogP contribution in [0.4, 0.5) is 4.79 Å². The van der Waals surface area contributed by atoms with E-state index in [0.717, 1.165) is 19.3 Å². The molecular weight excluding hydrogens is 234 g/mol. The molecule has 0 aromatic rings. The molecule has 1 aliphatic rings. The molecule has 0 unspecified atom stereocenters. The Morgan fingerprint density at radius 1 is 1.39 bits per heavy atom. The number of hydrogen-bond donors (Lipinski definition) is 2. The third-order valence-corrected chi connectivity index (χ3v) is 2.84. The summed E-state index contributed by atoms with van der Waals surface area (Å²) < 4.78 is 5.35. The van der Waals surface area contributed by atoms with Gasteiger partial charge in [-0.3, -0.25) is 10.2 Å². The second-order valence-electron chi connectivity index (χ2n) is 5.59. The average Bonchev–Trinajstić information content (AvgIpc) is 2.27. The molecule has 0 aromatic carbocycles. The zero-order chi connectivity index (χ0) is 13.8. The van der Waals surface area contributed by atoms with Gasteiger partial charge in [0.1, 0.15) is 5.60 Å². The van der Waals surface area contributed by atoms with Crippen LogP contribution in [-0.4, -0.2) is 35.1 Å². The molecule has 3 N–H and O–H groups in total. The van der Waals surface area contributed by atoms with Crippen molar-refractivity contribution < 1.29 is 14.3 Å². The summed E-state index contributed by atoms with van der Waals surface area (Å²) in [6, 6.07) is -0.114. The maximum Gasteiger partial charge on any atom is 0.410 e. The molecule has 0 saturated carbocycles. The van der Waals surface area contributed by atoms with Gasteiger partial charge in [-0.1, -0.05) is 0 Å². The van der Waals surface area contributed by atoms with Crippen LogP contribution in [0.15, 0.2) is 0 Å². The lowest BCUT2D eigenvalue weighted by Gasteiger charge is -2.36. The summed E-state index contributed by atoms with van der Waals surface area (Å²) in [6.07, 6.45) is 2.65. The maximum atomic E-state index is 12.0. The summed E-state index contributed by atoms with van der Waals surface area (Å²) in [4.78, 5) is 25.0. The van der Waals surface area contributed by atoms with E-state index in [0.29, 0.717) is 6.54 Å². The molecule has 0 radical (unpaired) electrons. The Morgan fingerprint density at radius 3 is 2.61 bits per heavy atom. The molecule has 6 heteroatoms. The quantitative estimate of drug-likeness (QED) is 0.441. The van der Waals surface area contributed by atoms with Crippen LogP contribution in [0.2, 0.25) is 0 Å². The number of piperidine rings is 1. The zero-order valence-corrected chi connectivity index (χ0v) is 11.4. The monoisotopic (exact) mass is 257 g/mol. The predicted octanol–water partition coefficient (Wildman–Crippen LogP) is 1.16. The van der Waals surface area contributed by atoms with Crippen LogP contribution in [0.1, 0.15) is 46.5 Å². The molecular formula is C12H23N3O3. The Labute approximate surface area is 108 Å². The second-order valence-corrected chi connectivity index (χ2v) is 5.59. The molecule has 0 spiro atoms. The largest absolute Gasteiger partial charge is 0.444 e. The van der Waals surface area contributed by atoms with Crippen LogP contribution in [0.5, 0.6) is 0 Å². The van der Waals surface area contributed by atoms with Crippen LogP contribution in [0, 0.1) is 0 Å². The normalized spacial score (nSPS) is 20.4. The van der Waals surface area contributed by atoms with E-state index >= 15 is 0 Å². The minimum atomic E-state index is -0.519. The van der Waals surface area contributed by atoms with E-state index in [1.165, 1.54) is 0 Å². The highest BCUT2D eigenvalue weighted by molar-refractivity contribution is 5.77. The third kappa shape index (κ3) is 4.52. The summed E-state index contributed by atoms with van der Waals surface area (Å²) in [5.41, 5.74) is 1.58. The van der Waals surface area contributed by atoms with Gasteiger partial charge >= 0.3 is 6.09 Å². The molecule has 1 saturated heterocycles. The lowest BCUT2D eigenvalue weighted by molar-refractivity contribution is -0.122. The molecule has 1 heterocycles. The molecule has 1 fully saturated rings. The number of nitrogens with two attached hydrogens (primary N) is 1. The molecule has 0 bridgehead atoms. The number of carbonyl (C=O) groups is 2. The molecule has 0 aliphatic carbocycles. The maximum absolute atomic E-state index is 12.0. The van der Waals surface area contributed by atoms with Crippen molar-refractivity contribution >= 4 is 12.0 Å². The van der Waals surface area contributed by atoms with Crippen molar-refractivity contribution in [3.8, 4) is 0 Å². The smallest absolute Gasteiger partial charge is 0.410 e. The molecule has 18 heavy (non-hydrogen) atoms. The molecule has 1 rings (SSSR count). The summed E-state index contributed by atoms with van der Waals surface area (Å²) in [5, 5.41) is 0. The fraction of sp³-hybridized carbons (Fsp3) is 0.833. The number of amides is 2. The predicted molar refractivity (Wildman–Crippen MR) is 67.5 cm³/mol. The van der Waals surface area contributed by atoms with Crippen LogP contribution in [0.3, 0.4) is 0 Å². The van der Waals surface area contributed by atoms with Gasteiger partial charge in [0.15, 0.2) is 0 Å². The molecule has 2 amide bonds. The van der Waals surface area contributed by atoms with Crippen molar-refractivity contribution in [2.75, 3.05) is 6.54 Å². The highest BCUT2D eigenvalue weighted by atomic mass is 16.6. The number of carbonyl (C=O) groups excluding carboxylic acids is 2. The van der Waals surface area contributed by atoms with Gasteiger partial charge < -0.3 is 9.64 Å². The highest BCUT2D eigenvalue weighted by Gasteiger charge is 2.31. The summed E-state index contributed by atoms with van der Waals surface area (Å²) in [5.74, 6) is 4.82. The van der Waals surface area contributed by atoms with Gasteiger partial charge in [0.05, 0.1) is 0 Å². The van der Waals surface area contributed by atoms with E-state index in [-0.39, 0.29) is 24.5 Å². The summed E-state index contributed by atoms with van der Waals surface area (Å²) in [7, 11) is 0. The van der Waals surface area contributed by atoms with E-state index < -0.39 is 5.60 Å². The number of hydrogen-bond acceptors (Lipinski definition) is 4. The van der Waals surface area contributed by atoms with Gasteiger partial charge in [0.2, 0.25) is 5.91 Å². The first-order chi connectivity index (χ1) is 8.33. The van der Waals surface area contributed by atoms with Gasteiger partial charge in [-0.25, -0.2) is 10.6 Å². The Kier molecular flexibility index (Phi) is 4.95. The zero-order valence-electron chi connectivity index (χ0n) is 11.4. The highest BCUT2D eigenvalue weighted by Crippen LogP contribution is 2.22. The molecule has 104 valence electrons. The molecule has 1 atom stereocenters. The fourth-order valence-electron chi connectivity index (χ4n) is 2.05. The number of rotatable bonds is 2. The van der Waals surface area contributed by atoms with Crippen molar-refractivity contribution in [2.24, 2.45) is 5.84 Å². The lowest BCUT2D eigenvalue weighted by Crippen LogP contribution is -2.48. The Balaban J connectivity index is 2.64. The number of hydrazine groups is 1. The molecule has 6 nitrogen and oxygen atoms in total. The van der Waals surface area contributed by atoms with E-state index in [4.69, 9.17) is 10.6 Å². The van der Waals surface area contributed by atoms with Crippen LogP contribution in [0.25, 0.3) is 0 Å². The standard InChI is InChI=1S/C12H23N3O3/c1-12(2,3)18-11(17)15-7-5-4-6-9(15)8-10(16)14-13/h9H,4-8,13H2,1-3H3,(H,14,16)/t9-/m1/s1. The third-order valence-electron chi connectivity index (χ3n) is 2.84. The van der Waals surface area contributed by atoms with E-state index in [1.54, 1.807) is 4.90 Å². The topological polar surface area (TPSA) is 84.7 Å². The number of nitrogens with zero attached hydrogens (tertiary/aromatic N) is 1. The van der Waals surface area contributed by atoms with Crippen molar-refractivity contribution in [3.63, 3.8) is 0 Å². The van der Waals surface area contributed by atoms with Crippen LogP contribution in [-0.2, 0) is 9.53 Å². The number of ether oxygens (including phenoxy) is 1. The molecule has 1 aliphatic heterocycles. The Bertz CT molecular complexity index is 312. The fourth-order valence-corrected chi connectivity index (χ4v) is 2.05. The molecule has 0 aromatic heterocycles. The van der Waals surface area contributed by atoms with Crippen molar-refractivity contribution in [2.45, 2.75) is 58.1 Å². The lowest BCUT2D eigenvalue weighted by atomic mass is 9.99. The van der Waals surface area contributed by atoms with E-state index in [2.05, 4.69) is 5.43 Å². The summed E-state index contributed by atoms with van der Waals surface area (Å²) >= 11 is 0. The van der Waals surface area contributed by atoms with E-state index in [1.807, 2.05) is 20.8 Å². The first kappa shape index (κ1) is 14.8. The van der Waals surface area contributed by atoms with Crippen molar-refractivity contribution in [1.82, 2.24) is 10.3 Å². The van der Waals surface area contributed by atoms with Crippen molar-refractivity contribution in [3.05, 3.63) is 0 Å². The number of likely N-dealkylation sites (tertiary alicyclic amines) is 1. The second kappa shape index (κ2) is 6.04. The van der Waals surface area contributed by atoms with Gasteiger partial charge in [-0.15, -0.1) is 0 Å². The van der Waals surface area contributed by atoms with Gasteiger partial charge in [0, 0.05) is 19.0 Å². The summed E-state index contributed by atoms with van der Waals surface area (Å²) in [6.45, 7) is 6.13. The Hall–Kier alpha value is -1.30. The van der Waals surface area contributed by atoms with E-state index in [9.17, 15) is 9.59 Å². The minimum absolute atomic E-state index is 0.114. The van der Waals surface area contributed by atoms with Crippen molar-refractivity contribution in [1.29, 1.82) is 0 Å². The van der Waals surface area contributed by atoms with Crippen LogP contribution < -0.4 is 11.3 Å². The van der Waals surface area contributed by atoms with Gasteiger partial charge in [-0.05, 0) is 40.0 Å². The first-order valence-corrected chi connectivity index (χ1v) is 6.32. The van der Waals surface area contributed by atoms with Gasteiger partial charge in [0.25, 0.3) is 0 Å². The average molecular weight is 257 g/mol. The van der Waals surface area contributed by atoms with Gasteiger partial charge in [-0.2, -0.15) is 0 Å². The SMILES string of the molecule is CC(C)(C)OC(=O)N1CCCC[C@@H]1CC(=O)NN. The first-order valence-electron chi connectivity index (χ1n) is 6.32. The Morgan fingerprint density at radius 2 is 2.06 bits per heavy atom. The van der Waals surface area contributed by atoms with Crippen LogP contribution >= 0.6 is 0 Å². The number of nitrogens with one attached hydrogen (secondary N) is 1.